The summed E-state index contributed by atoms with van der Waals surface area (Å²) in [6.45, 7) is 0.197. The number of anilines is 1. The van der Waals surface area contributed by atoms with E-state index < -0.39 is 37.0 Å². The summed E-state index contributed by atoms with van der Waals surface area (Å²) >= 11 is 0. The number of sulfonamides is 1. The second-order valence-electron chi connectivity index (χ2n) is 4.73. The maximum atomic E-state index is 13.8. The number of benzene rings is 1. The third-order valence-electron chi connectivity index (χ3n) is 3.08. The van der Waals surface area contributed by atoms with Crippen molar-refractivity contribution in [1.82, 2.24) is 4.72 Å². The van der Waals surface area contributed by atoms with Gasteiger partial charge in [-0.1, -0.05) is 12.8 Å². The van der Waals surface area contributed by atoms with Crippen molar-refractivity contribution in [3.05, 3.63) is 28.1 Å². The lowest BCUT2D eigenvalue weighted by molar-refractivity contribution is -0.385. The summed E-state index contributed by atoms with van der Waals surface area (Å²) in [4.78, 5) is 8.96. The maximum absolute atomic E-state index is 13.8. The van der Waals surface area contributed by atoms with Crippen LogP contribution in [0.1, 0.15) is 19.3 Å². The van der Waals surface area contributed by atoms with Gasteiger partial charge >= 0.3 is 0 Å². The van der Waals surface area contributed by atoms with Gasteiger partial charge in [0.05, 0.1) is 16.7 Å². The zero-order chi connectivity index (χ0) is 14.9. The minimum atomic E-state index is -4.10. The Bertz CT molecular complexity index is 620. The van der Waals surface area contributed by atoms with Gasteiger partial charge in [0.2, 0.25) is 10.0 Å². The Morgan fingerprint density at radius 2 is 2.10 bits per heavy atom. The molecule has 20 heavy (non-hydrogen) atoms. The van der Waals surface area contributed by atoms with Gasteiger partial charge in [0.15, 0.2) is 5.82 Å². The van der Waals surface area contributed by atoms with E-state index in [1.165, 1.54) is 0 Å². The highest BCUT2D eigenvalue weighted by Crippen LogP contribution is 2.32. The molecule has 0 atom stereocenters. The second kappa shape index (κ2) is 5.33. The number of hydrogen-bond donors (Lipinski definition) is 2. The molecule has 0 radical (unpaired) electrons. The zero-order valence-electron chi connectivity index (χ0n) is 10.5. The van der Waals surface area contributed by atoms with Gasteiger partial charge in [0.25, 0.3) is 5.69 Å². The molecule has 1 aliphatic carbocycles. The number of rotatable bonds is 6. The molecule has 1 aromatic carbocycles. The van der Waals surface area contributed by atoms with Crippen molar-refractivity contribution in [3.63, 3.8) is 0 Å². The Balaban J connectivity index is 2.23. The molecule has 0 unspecified atom stereocenters. The molecular weight excluding hydrogens is 289 g/mol. The fourth-order valence-corrected chi connectivity index (χ4v) is 3.08. The zero-order valence-corrected chi connectivity index (χ0v) is 11.3. The number of halogens is 1. The maximum Gasteiger partial charge on any atom is 0.274 e. The van der Waals surface area contributed by atoms with E-state index in [0.717, 1.165) is 18.9 Å². The van der Waals surface area contributed by atoms with Crippen LogP contribution in [0.4, 0.5) is 15.8 Å². The average Bonchev–Trinajstić information content (AvgIpc) is 3.11. The van der Waals surface area contributed by atoms with Gasteiger partial charge in [0, 0.05) is 12.6 Å². The molecule has 0 amide bonds. The summed E-state index contributed by atoms with van der Waals surface area (Å²) in [5.41, 5.74) is 4.36. The summed E-state index contributed by atoms with van der Waals surface area (Å²) in [5, 5.41) is 10.5. The smallest absolute Gasteiger partial charge is 0.274 e. The topological polar surface area (TPSA) is 115 Å². The van der Waals surface area contributed by atoms with E-state index in [0.29, 0.717) is 18.4 Å². The Labute approximate surface area is 115 Å². The first-order chi connectivity index (χ1) is 9.31. The van der Waals surface area contributed by atoms with Crippen LogP contribution >= 0.6 is 0 Å². The highest BCUT2D eigenvalue weighted by atomic mass is 32.2. The number of non-ortho nitro benzene ring substituents is 1. The fraction of sp³-hybridized carbons (Fsp3) is 0.455. The van der Waals surface area contributed by atoms with Crippen molar-refractivity contribution in [3.8, 4) is 0 Å². The molecule has 0 bridgehead atoms. The summed E-state index contributed by atoms with van der Waals surface area (Å²) in [7, 11) is -4.10. The van der Waals surface area contributed by atoms with E-state index in [1.807, 2.05) is 0 Å². The largest absolute Gasteiger partial charge is 0.397 e. The molecule has 110 valence electrons. The number of nitrogen functional groups attached to an aromatic ring is 1. The predicted molar refractivity (Wildman–Crippen MR) is 70.0 cm³/mol. The Hall–Kier alpha value is -1.74. The standard InChI is InChI=1S/C11H14FN3O4S/c12-9-5-8(15(16)17)6-10(13)11(9)20(18,19)14-4-3-7-1-2-7/h5-7,14H,1-4,13H2. The van der Waals surface area contributed by atoms with Crippen LogP contribution in [0.5, 0.6) is 0 Å². The van der Waals surface area contributed by atoms with Gasteiger partial charge in [-0.3, -0.25) is 10.1 Å². The summed E-state index contributed by atoms with van der Waals surface area (Å²) < 4.78 is 39.9. The van der Waals surface area contributed by atoms with Gasteiger partial charge in [-0.15, -0.1) is 0 Å². The van der Waals surface area contributed by atoms with E-state index in [9.17, 15) is 22.9 Å². The lowest BCUT2D eigenvalue weighted by Crippen LogP contribution is -2.27. The lowest BCUT2D eigenvalue weighted by atomic mass is 10.3. The van der Waals surface area contributed by atoms with Crippen molar-refractivity contribution in [2.45, 2.75) is 24.2 Å². The van der Waals surface area contributed by atoms with Crippen LogP contribution in [0, 0.1) is 21.8 Å². The van der Waals surface area contributed by atoms with Gasteiger partial charge in [0.1, 0.15) is 4.90 Å². The first-order valence-electron chi connectivity index (χ1n) is 6.04. The number of hydrogen-bond acceptors (Lipinski definition) is 5. The first-order valence-corrected chi connectivity index (χ1v) is 7.52. The molecule has 1 saturated carbocycles. The quantitative estimate of drug-likeness (QED) is 0.468. The predicted octanol–water partition coefficient (Wildman–Crippen LogP) is 1.39. The van der Waals surface area contributed by atoms with Crippen molar-refractivity contribution >= 4 is 21.4 Å². The lowest BCUT2D eigenvalue weighted by Gasteiger charge is -2.09. The van der Waals surface area contributed by atoms with E-state index in [4.69, 9.17) is 5.73 Å². The highest BCUT2D eigenvalue weighted by Gasteiger charge is 2.27. The van der Waals surface area contributed by atoms with Gasteiger partial charge < -0.3 is 5.73 Å². The molecular formula is C11H14FN3O4S. The third kappa shape index (κ3) is 3.23. The first kappa shape index (κ1) is 14.7. The summed E-state index contributed by atoms with van der Waals surface area (Å²) in [5.74, 6) is -0.702. The Morgan fingerprint density at radius 1 is 1.45 bits per heavy atom. The van der Waals surface area contributed by atoms with Crippen LogP contribution in [-0.2, 0) is 10.0 Å². The van der Waals surface area contributed by atoms with Crippen molar-refractivity contribution in [2.24, 2.45) is 5.92 Å². The van der Waals surface area contributed by atoms with Crippen LogP contribution < -0.4 is 10.5 Å². The Morgan fingerprint density at radius 3 is 2.60 bits per heavy atom. The minimum Gasteiger partial charge on any atom is -0.397 e. The van der Waals surface area contributed by atoms with Gasteiger partial charge in [-0.2, -0.15) is 0 Å². The van der Waals surface area contributed by atoms with Crippen LogP contribution in [0.2, 0.25) is 0 Å². The van der Waals surface area contributed by atoms with Gasteiger partial charge in [-0.25, -0.2) is 17.5 Å². The van der Waals surface area contributed by atoms with E-state index >= 15 is 0 Å². The number of nitrogens with two attached hydrogens (primary N) is 1. The second-order valence-corrected chi connectivity index (χ2v) is 6.44. The molecule has 1 fully saturated rings. The molecule has 7 nitrogen and oxygen atoms in total. The highest BCUT2D eigenvalue weighted by molar-refractivity contribution is 7.89. The summed E-state index contributed by atoms with van der Waals surface area (Å²) in [6.07, 6.45) is 2.85. The summed E-state index contributed by atoms with van der Waals surface area (Å²) in [6, 6.07) is 1.38. The van der Waals surface area contributed by atoms with Crippen molar-refractivity contribution in [1.29, 1.82) is 0 Å². The van der Waals surface area contributed by atoms with Crippen LogP contribution in [0.3, 0.4) is 0 Å². The number of nitro benzene ring substituents is 1. The van der Waals surface area contributed by atoms with E-state index in [-0.39, 0.29) is 6.54 Å². The number of nitro groups is 1. The van der Waals surface area contributed by atoms with Crippen LogP contribution in [0.15, 0.2) is 17.0 Å². The molecule has 3 N–H and O–H groups in total. The van der Waals surface area contributed by atoms with Crippen molar-refractivity contribution in [2.75, 3.05) is 12.3 Å². The normalized spacial score (nSPS) is 15.2. The van der Waals surface area contributed by atoms with Crippen LogP contribution in [-0.4, -0.2) is 19.9 Å². The Kier molecular flexibility index (Phi) is 3.91. The van der Waals surface area contributed by atoms with E-state index in [1.54, 1.807) is 0 Å². The SMILES string of the molecule is Nc1cc([N+](=O)[O-])cc(F)c1S(=O)(=O)NCCC1CC1. The number of nitrogens with zero attached hydrogens (tertiary/aromatic N) is 1. The average molecular weight is 303 g/mol. The molecule has 1 aliphatic rings. The van der Waals surface area contributed by atoms with Crippen LogP contribution in [0.25, 0.3) is 0 Å². The molecule has 0 aliphatic heterocycles. The monoisotopic (exact) mass is 303 g/mol. The molecule has 2 rings (SSSR count). The molecule has 9 heteroatoms. The molecule has 1 aromatic rings. The third-order valence-corrected chi connectivity index (χ3v) is 4.63. The molecule has 0 spiro atoms. The molecule has 0 aromatic heterocycles. The molecule has 0 heterocycles. The number of nitrogens with one attached hydrogen (secondary N) is 1. The molecule has 0 saturated heterocycles. The minimum absolute atomic E-state index is 0.197. The van der Waals surface area contributed by atoms with Gasteiger partial charge in [-0.05, 0) is 12.3 Å². The van der Waals surface area contributed by atoms with Crippen molar-refractivity contribution < 1.29 is 17.7 Å². The van der Waals surface area contributed by atoms with E-state index in [2.05, 4.69) is 4.72 Å². The fourth-order valence-electron chi connectivity index (χ4n) is 1.86.